The van der Waals surface area contributed by atoms with Gasteiger partial charge in [0.1, 0.15) is 5.75 Å². The van der Waals surface area contributed by atoms with Gasteiger partial charge < -0.3 is 9.84 Å². The number of methoxy groups -OCH3 is 1. The summed E-state index contributed by atoms with van der Waals surface area (Å²) in [5, 5.41) is 9.68. The van der Waals surface area contributed by atoms with Gasteiger partial charge in [0.05, 0.1) is 12.6 Å². The first-order valence-corrected chi connectivity index (χ1v) is 4.11. The van der Waals surface area contributed by atoms with Crippen LogP contribution in [0.15, 0.2) is 30.5 Å². The monoisotopic (exact) mass is 191 g/mol. The van der Waals surface area contributed by atoms with Crippen LogP contribution in [0.2, 0.25) is 0 Å². The van der Waals surface area contributed by atoms with Gasteiger partial charge >= 0.3 is 6.09 Å². The number of carbonyl (C=O) groups is 1. The molecule has 0 aliphatic carbocycles. The highest BCUT2D eigenvalue weighted by Crippen LogP contribution is 2.21. The molecule has 0 aliphatic rings. The van der Waals surface area contributed by atoms with E-state index >= 15 is 0 Å². The van der Waals surface area contributed by atoms with Gasteiger partial charge in [0, 0.05) is 11.6 Å². The van der Waals surface area contributed by atoms with Gasteiger partial charge in [-0.25, -0.2) is 4.79 Å². The molecule has 72 valence electrons. The third kappa shape index (κ3) is 1.21. The molecule has 0 fully saturated rings. The van der Waals surface area contributed by atoms with Gasteiger partial charge in [0.2, 0.25) is 0 Å². The Labute approximate surface area is 80.3 Å². The molecule has 14 heavy (non-hydrogen) atoms. The van der Waals surface area contributed by atoms with Crippen LogP contribution >= 0.6 is 0 Å². The molecule has 1 aromatic carbocycles. The van der Waals surface area contributed by atoms with Crippen LogP contribution in [0.5, 0.6) is 5.75 Å². The van der Waals surface area contributed by atoms with Crippen LogP contribution in [-0.4, -0.2) is 22.9 Å². The van der Waals surface area contributed by atoms with Crippen LogP contribution < -0.4 is 4.74 Å². The van der Waals surface area contributed by atoms with Crippen molar-refractivity contribution in [1.82, 2.24) is 4.57 Å². The van der Waals surface area contributed by atoms with Crippen molar-refractivity contribution in [3.05, 3.63) is 30.5 Å². The molecule has 2 aromatic rings. The fourth-order valence-corrected chi connectivity index (χ4v) is 1.41. The average Bonchev–Trinajstić information content (AvgIpc) is 2.59. The van der Waals surface area contributed by atoms with Crippen LogP contribution in [0, 0.1) is 0 Å². The number of ether oxygens (including phenoxy) is 1. The maximum absolute atomic E-state index is 10.8. The van der Waals surface area contributed by atoms with E-state index in [1.165, 1.54) is 10.8 Å². The van der Waals surface area contributed by atoms with Crippen molar-refractivity contribution in [2.75, 3.05) is 7.11 Å². The predicted molar refractivity (Wildman–Crippen MR) is 51.9 cm³/mol. The van der Waals surface area contributed by atoms with E-state index in [-0.39, 0.29) is 0 Å². The lowest BCUT2D eigenvalue weighted by Crippen LogP contribution is -2.05. The van der Waals surface area contributed by atoms with Crippen molar-refractivity contribution < 1.29 is 14.6 Å². The molecule has 1 heterocycles. The van der Waals surface area contributed by atoms with Gasteiger partial charge in [-0.3, -0.25) is 4.57 Å². The minimum atomic E-state index is -0.981. The fraction of sp³-hybridized carbons (Fsp3) is 0.100. The normalized spacial score (nSPS) is 10.4. The summed E-state index contributed by atoms with van der Waals surface area (Å²) in [6, 6.07) is 7.00. The van der Waals surface area contributed by atoms with Crippen molar-refractivity contribution in [3.63, 3.8) is 0 Å². The molecular weight excluding hydrogens is 182 g/mol. The van der Waals surface area contributed by atoms with E-state index in [0.717, 1.165) is 11.1 Å². The zero-order chi connectivity index (χ0) is 10.1. The summed E-state index contributed by atoms with van der Waals surface area (Å²) in [6.07, 6.45) is 0.539. The molecule has 0 amide bonds. The van der Waals surface area contributed by atoms with Crippen LogP contribution in [0.25, 0.3) is 10.9 Å². The SMILES string of the molecule is COc1ccc2c(ccn2C(=O)O)c1. The molecule has 0 aliphatic heterocycles. The minimum absolute atomic E-state index is 0.665. The Morgan fingerprint density at radius 2 is 2.21 bits per heavy atom. The Kier molecular flexibility index (Phi) is 1.89. The lowest BCUT2D eigenvalue weighted by Gasteiger charge is -2.00. The molecule has 4 heteroatoms. The zero-order valence-corrected chi connectivity index (χ0v) is 7.60. The van der Waals surface area contributed by atoms with E-state index in [1.54, 1.807) is 31.4 Å². The molecule has 0 atom stereocenters. The number of carboxylic acid groups (broad SMARTS) is 1. The van der Waals surface area contributed by atoms with Gasteiger partial charge in [-0.05, 0) is 24.3 Å². The van der Waals surface area contributed by atoms with E-state index in [0.29, 0.717) is 5.52 Å². The van der Waals surface area contributed by atoms with Crippen LogP contribution in [-0.2, 0) is 0 Å². The largest absolute Gasteiger partial charge is 0.497 e. The number of nitrogens with zero attached hydrogens (tertiary/aromatic N) is 1. The summed E-state index contributed by atoms with van der Waals surface area (Å²) >= 11 is 0. The highest BCUT2D eigenvalue weighted by Gasteiger charge is 2.06. The summed E-state index contributed by atoms with van der Waals surface area (Å²) in [5.74, 6) is 0.723. The summed E-state index contributed by atoms with van der Waals surface area (Å²) in [4.78, 5) is 10.8. The first kappa shape index (κ1) is 8.62. The van der Waals surface area contributed by atoms with Crippen LogP contribution in [0.1, 0.15) is 0 Å². The molecule has 4 nitrogen and oxygen atoms in total. The lowest BCUT2D eigenvalue weighted by atomic mass is 10.2. The average molecular weight is 191 g/mol. The van der Waals surface area contributed by atoms with Crippen molar-refractivity contribution in [2.24, 2.45) is 0 Å². The molecule has 2 rings (SSSR count). The fourth-order valence-electron chi connectivity index (χ4n) is 1.41. The third-order valence-electron chi connectivity index (χ3n) is 2.10. The maximum atomic E-state index is 10.8. The molecular formula is C10H9NO3. The van der Waals surface area contributed by atoms with Gasteiger partial charge in [0.15, 0.2) is 0 Å². The van der Waals surface area contributed by atoms with Gasteiger partial charge in [-0.2, -0.15) is 0 Å². The Morgan fingerprint density at radius 1 is 1.43 bits per heavy atom. The lowest BCUT2D eigenvalue weighted by molar-refractivity contribution is 0.197. The summed E-state index contributed by atoms with van der Waals surface area (Å²) in [7, 11) is 1.58. The zero-order valence-electron chi connectivity index (χ0n) is 7.60. The van der Waals surface area contributed by atoms with Gasteiger partial charge in [-0.1, -0.05) is 0 Å². The Morgan fingerprint density at radius 3 is 2.86 bits per heavy atom. The second-order valence-corrected chi connectivity index (χ2v) is 2.89. The second-order valence-electron chi connectivity index (χ2n) is 2.89. The highest BCUT2D eigenvalue weighted by molar-refractivity contribution is 5.89. The summed E-state index contributed by atoms with van der Waals surface area (Å²) in [5.41, 5.74) is 0.665. The van der Waals surface area contributed by atoms with E-state index in [4.69, 9.17) is 9.84 Å². The molecule has 0 unspecified atom stereocenters. The van der Waals surface area contributed by atoms with Crippen LogP contribution in [0.3, 0.4) is 0 Å². The number of fused-ring (bicyclic) bond motifs is 1. The highest BCUT2D eigenvalue weighted by atomic mass is 16.5. The summed E-state index contributed by atoms with van der Waals surface area (Å²) in [6.45, 7) is 0. The number of hydrogen-bond donors (Lipinski definition) is 1. The second kappa shape index (κ2) is 3.06. The Bertz CT molecular complexity index is 487. The predicted octanol–water partition coefficient (Wildman–Crippen LogP) is 2.18. The number of aromatic nitrogens is 1. The topological polar surface area (TPSA) is 51.5 Å². The minimum Gasteiger partial charge on any atom is -0.497 e. The van der Waals surface area contributed by atoms with Crippen molar-refractivity contribution in [2.45, 2.75) is 0 Å². The molecule has 0 saturated heterocycles. The van der Waals surface area contributed by atoms with Crippen molar-refractivity contribution in [1.29, 1.82) is 0 Å². The van der Waals surface area contributed by atoms with Gasteiger partial charge in [-0.15, -0.1) is 0 Å². The molecule has 0 spiro atoms. The molecule has 1 N–H and O–H groups in total. The van der Waals surface area contributed by atoms with Crippen molar-refractivity contribution in [3.8, 4) is 5.75 Å². The Hall–Kier alpha value is -1.97. The maximum Gasteiger partial charge on any atom is 0.415 e. The first-order valence-electron chi connectivity index (χ1n) is 4.11. The number of benzene rings is 1. The molecule has 0 saturated carbocycles. The number of rotatable bonds is 1. The molecule has 1 aromatic heterocycles. The first-order chi connectivity index (χ1) is 6.72. The van der Waals surface area contributed by atoms with E-state index in [9.17, 15) is 4.79 Å². The third-order valence-corrected chi connectivity index (χ3v) is 2.10. The molecule has 0 radical (unpaired) electrons. The van der Waals surface area contributed by atoms with E-state index in [2.05, 4.69) is 0 Å². The van der Waals surface area contributed by atoms with E-state index in [1.807, 2.05) is 0 Å². The van der Waals surface area contributed by atoms with Crippen molar-refractivity contribution >= 4 is 17.0 Å². The smallest absolute Gasteiger partial charge is 0.415 e. The van der Waals surface area contributed by atoms with Gasteiger partial charge in [0.25, 0.3) is 0 Å². The van der Waals surface area contributed by atoms with Crippen LogP contribution in [0.4, 0.5) is 4.79 Å². The standard InChI is InChI=1S/C10H9NO3/c1-14-8-2-3-9-7(6-8)4-5-11(9)10(12)13/h2-6H,1H3,(H,12,13). The summed E-state index contributed by atoms with van der Waals surface area (Å²) < 4.78 is 6.21. The van der Waals surface area contributed by atoms with E-state index < -0.39 is 6.09 Å². The Balaban J connectivity index is 2.65. The molecule has 0 bridgehead atoms. The quantitative estimate of drug-likeness (QED) is 0.751. The number of hydrogen-bond acceptors (Lipinski definition) is 2.